The van der Waals surface area contributed by atoms with Gasteiger partial charge in [-0.25, -0.2) is 9.37 Å². The van der Waals surface area contributed by atoms with Gasteiger partial charge in [-0.15, -0.1) is 11.8 Å². The number of rotatable bonds is 3. The fourth-order valence-electron chi connectivity index (χ4n) is 3.07. The van der Waals surface area contributed by atoms with Crippen LogP contribution < -0.4 is 4.90 Å². The van der Waals surface area contributed by atoms with Crippen molar-refractivity contribution < 1.29 is 9.13 Å². The van der Waals surface area contributed by atoms with Gasteiger partial charge in [0.1, 0.15) is 17.8 Å². The van der Waals surface area contributed by atoms with Gasteiger partial charge in [-0.3, -0.25) is 0 Å². The number of hydrogen-bond donors (Lipinski definition) is 1. The van der Waals surface area contributed by atoms with Gasteiger partial charge in [0.15, 0.2) is 0 Å². The molecule has 0 amide bonds. The molecule has 0 spiro atoms. The maximum Gasteiger partial charge on any atom is 0.123 e. The van der Waals surface area contributed by atoms with Crippen LogP contribution in [0.1, 0.15) is 11.6 Å². The first kappa shape index (κ1) is 15.5. The highest BCUT2D eigenvalue weighted by Gasteiger charge is 2.32. The Morgan fingerprint density at radius 2 is 2.08 bits per heavy atom. The molecule has 1 aromatic heterocycles. The van der Waals surface area contributed by atoms with E-state index in [9.17, 15) is 4.39 Å². The second-order valence-corrected chi connectivity index (χ2v) is 6.63. The molecule has 2 unspecified atom stereocenters. The molecule has 6 heteroatoms. The Bertz CT molecular complexity index is 836. The molecule has 2 aromatic carbocycles. The minimum Gasteiger partial charge on any atom is -0.370 e. The number of nitrogens with one attached hydrogen (secondary N) is 1. The number of anilines is 1. The zero-order valence-corrected chi connectivity index (χ0v) is 14.0. The Morgan fingerprint density at radius 3 is 2.88 bits per heavy atom. The highest BCUT2D eigenvalue weighted by molar-refractivity contribution is 7.99. The molecule has 2 heterocycles. The van der Waals surface area contributed by atoms with E-state index in [1.165, 1.54) is 12.1 Å². The average molecular weight is 342 g/mol. The highest BCUT2D eigenvalue weighted by atomic mass is 32.2. The molecule has 1 N–H and O–H groups in total. The molecule has 3 aromatic rings. The van der Waals surface area contributed by atoms with Gasteiger partial charge in [0.2, 0.25) is 0 Å². The summed E-state index contributed by atoms with van der Waals surface area (Å²) in [6.45, 7) is 2.39. The quantitative estimate of drug-likeness (QED) is 0.777. The van der Waals surface area contributed by atoms with E-state index in [4.69, 9.17) is 4.74 Å². The normalized spacial score (nSPS) is 21.3. The lowest BCUT2D eigenvalue weighted by Crippen LogP contribution is -2.43. The van der Waals surface area contributed by atoms with Crippen molar-refractivity contribution in [3.63, 3.8) is 0 Å². The van der Waals surface area contributed by atoms with Crippen molar-refractivity contribution in [2.45, 2.75) is 11.4 Å². The van der Waals surface area contributed by atoms with Gasteiger partial charge >= 0.3 is 0 Å². The number of aromatic nitrogens is 2. The molecule has 1 aliphatic rings. The second-order valence-electron chi connectivity index (χ2n) is 5.67. The summed E-state index contributed by atoms with van der Waals surface area (Å²) in [4.78, 5) is 9.77. The molecule has 0 saturated carbocycles. The lowest BCUT2D eigenvalue weighted by molar-refractivity contribution is 0.141. The minimum atomic E-state index is -0.229. The van der Waals surface area contributed by atoms with Crippen molar-refractivity contribution >= 4 is 28.5 Å². The Kier molecular flexibility index (Phi) is 4.16. The van der Waals surface area contributed by atoms with Crippen molar-refractivity contribution in [3.05, 3.63) is 66.8 Å². The average Bonchev–Trinajstić information content (AvgIpc) is 3.09. The van der Waals surface area contributed by atoms with Gasteiger partial charge < -0.3 is 14.6 Å². The first-order valence-electron chi connectivity index (χ1n) is 7.71. The van der Waals surface area contributed by atoms with Gasteiger partial charge in [-0.2, -0.15) is 0 Å². The van der Waals surface area contributed by atoms with Crippen molar-refractivity contribution in [1.82, 2.24) is 9.97 Å². The van der Waals surface area contributed by atoms with Crippen LogP contribution in [0.15, 0.2) is 48.8 Å². The number of benzene rings is 2. The fourth-order valence-corrected chi connectivity index (χ4v) is 3.76. The van der Waals surface area contributed by atoms with Gasteiger partial charge in [-0.05, 0) is 42.2 Å². The number of fused-ring (bicyclic) bond motifs is 1. The maximum atomic E-state index is 13.3. The van der Waals surface area contributed by atoms with E-state index in [-0.39, 0.29) is 17.2 Å². The van der Waals surface area contributed by atoms with Crippen molar-refractivity contribution in [1.29, 1.82) is 0 Å². The smallest absolute Gasteiger partial charge is 0.123 e. The summed E-state index contributed by atoms with van der Waals surface area (Å²) in [6, 6.07) is 12.9. The molecule has 123 valence electrons. The summed E-state index contributed by atoms with van der Waals surface area (Å²) in [7, 11) is 0. The molecule has 1 fully saturated rings. The van der Waals surface area contributed by atoms with E-state index >= 15 is 0 Å². The highest BCUT2D eigenvalue weighted by Crippen LogP contribution is 2.38. The Morgan fingerprint density at radius 1 is 1.25 bits per heavy atom. The number of imidazole rings is 1. The molecule has 4 rings (SSSR count). The number of morpholine rings is 1. The maximum absolute atomic E-state index is 13.3. The third-order valence-corrected chi connectivity index (χ3v) is 5.10. The van der Waals surface area contributed by atoms with Crippen molar-refractivity contribution in [2.75, 3.05) is 17.8 Å². The molecule has 1 radical (unpaired) electrons. The number of halogens is 1. The van der Waals surface area contributed by atoms with E-state index in [0.717, 1.165) is 22.3 Å². The second kappa shape index (κ2) is 6.45. The predicted molar refractivity (Wildman–Crippen MR) is 95.3 cm³/mol. The van der Waals surface area contributed by atoms with Gasteiger partial charge in [-0.1, -0.05) is 12.1 Å². The van der Waals surface area contributed by atoms with Crippen LogP contribution in [0, 0.1) is 12.4 Å². The SMILES string of the molecule is CSC1[CH]OCC(c2ccc(F)cc2)N1c1ccc2[nH]cnc2c1. The van der Waals surface area contributed by atoms with Crippen LogP contribution in [-0.4, -0.2) is 28.2 Å². The molecular formula is C18H17FN3OS. The molecule has 4 nitrogen and oxygen atoms in total. The number of nitrogens with zero attached hydrogens (tertiary/aromatic N) is 2. The van der Waals surface area contributed by atoms with Crippen LogP contribution >= 0.6 is 11.8 Å². The van der Waals surface area contributed by atoms with Crippen molar-refractivity contribution in [3.8, 4) is 0 Å². The summed E-state index contributed by atoms with van der Waals surface area (Å²) < 4.78 is 19.0. The molecular weight excluding hydrogens is 325 g/mol. The lowest BCUT2D eigenvalue weighted by atomic mass is 10.0. The monoisotopic (exact) mass is 342 g/mol. The van der Waals surface area contributed by atoms with E-state index in [2.05, 4.69) is 33.3 Å². The molecule has 1 aliphatic heterocycles. The first-order chi connectivity index (χ1) is 11.8. The summed E-state index contributed by atoms with van der Waals surface area (Å²) in [5.41, 5.74) is 4.04. The van der Waals surface area contributed by atoms with E-state index in [1.807, 2.05) is 24.8 Å². The van der Waals surface area contributed by atoms with Crippen LogP contribution in [0.3, 0.4) is 0 Å². The number of hydrogen-bond acceptors (Lipinski definition) is 4. The zero-order chi connectivity index (χ0) is 16.5. The van der Waals surface area contributed by atoms with Crippen LogP contribution in [-0.2, 0) is 4.74 Å². The van der Waals surface area contributed by atoms with Gasteiger partial charge in [0.05, 0.1) is 30.0 Å². The molecule has 0 bridgehead atoms. The summed E-state index contributed by atoms with van der Waals surface area (Å²) in [5.74, 6) is -0.229. The Labute approximate surface area is 144 Å². The topological polar surface area (TPSA) is 41.1 Å². The van der Waals surface area contributed by atoms with Gasteiger partial charge in [0, 0.05) is 5.69 Å². The van der Waals surface area contributed by atoms with Crippen LogP contribution in [0.2, 0.25) is 0 Å². The van der Waals surface area contributed by atoms with E-state index in [0.29, 0.717) is 6.61 Å². The summed E-state index contributed by atoms with van der Waals surface area (Å²) >= 11 is 1.70. The van der Waals surface area contributed by atoms with Crippen LogP contribution in [0.5, 0.6) is 0 Å². The number of thioether (sulfide) groups is 1. The van der Waals surface area contributed by atoms with Crippen LogP contribution in [0.25, 0.3) is 11.0 Å². The third kappa shape index (κ3) is 2.76. The predicted octanol–water partition coefficient (Wildman–Crippen LogP) is 4.13. The third-order valence-electron chi connectivity index (χ3n) is 4.28. The lowest BCUT2D eigenvalue weighted by Gasteiger charge is -2.42. The summed E-state index contributed by atoms with van der Waals surface area (Å²) in [5, 5.41) is 0.0743. The van der Waals surface area contributed by atoms with E-state index < -0.39 is 0 Å². The largest absolute Gasteiger partial charge is 0.370 e. The van der Waals surface area contributed by atoms with Crippen molar-refractivity contribution in [2.24, 2.45) is 0 Å². The van der Waals surface area contributed by atoms with Gasteiger partial charge in [0.25, 0.3) is 0 Å². The number of aromatic amines is 1. The molecule has 0 aliphatic carbocycles. The Balaban J connectivity index is 1.77. The molecule has 24 heavy (non-hydrogen) atoms. The first-order valence-corrected chi connectivity index (χ1v) is 9.00. The molecule has 1 saturated heterocycles. The molecule has 2 atom stereocenters. The minimum absolute atomic E-state index is 0.0180. The zero-order valence-electron chi connectivity index (χ0n) is 13.1. The number of H-pyrrole nitrogens is 1. The summed E-state index contributed by atoms with van der Waals surface area (Å²) in [6.07, 6.45) is 3.75. The number of ether oxygens (including phenoxy) is 1. The van der Waals surface area contributed by atoms with Crippen LogP contribution in [0.4, 0.5) is 10.1 Å². The van der Waals surface area contributed by atoms with E-state index in [1.54, 1.807) is 18.1 Å². The Hall–Kier alpha value is -2.05. The fraction of sp³-hybridized carbons (Fsp3) is 0.222. The standard InChI is InChI=1S/C18H17FN3OS/c1-24-18-10-23-9-17(12-2-4-13(19)5-3-12)22(18)14-6-7-15-16(8-14)21-11-20-15/h2-8,10-11,17-18H,9H2,1H3,(H,20,21).